The first-order valence-electron chi connectivity index (χ1n) is 19.1. The maximum Gasteiger partial charge on any atom is 0.341 e. The Morgan fingerprint density at radius 1 is 0.961 bits per heavy atom. The van der Waals surface area contributed by atoms with Crippen molar-refractivity contribution in [3.8, 4) is 22.6 Å². The van der Waals surface area contributed by atoms with Crippen molar-refractivity contribution in [2.75, 3.05) is 13.7 Å². The molecule has 2 aromatic carbocycles. The molecule has 2 N–H and O–H groups in total. The van der Waals surface area contributed by atoms with Gasteiger partial charge in [0.2, 0.25) is 0 Å². The van der Waals surface area contributed by atoms with Crippen molar-refractivity contribution in [2.45, 2.75) is 117 Å². The van der Waals surface area contributed by atoms with Gasteiger partial charge in [-0.25, -0.2) is 4.79 Å². The van der Waals surface area contributed by atoms with Gasteiger partial charge in [-0.15, -0.1) is 0 Å². The zero-order valence-electron chi connectivity index (χ0n) is 31.6. The number of H-pyrrole nitrogens is 1. The number of ether oxygens (including phenoxy) is 2. The van der Waals surface area contributed by atoms with Crippen LogP contribution in [0.4, 0.5) is 0 Å². The molecule has 0 bridgehead atoms. The first kappa shape index (κ1) is 36.5. The first-order chi connectivity index (χ1) is 24.6. The molecule has 270 valence electrons. The van der Waals surface area contributed by atoms with E-state index in [1.165, 1.54) is 69.8 Å². The molecule has 6 nitrogen and oxygen atoms in total. The molecule has 2 heterocycles. The second kappa shape index (κ2) is 15.9. The second-order valence-electron chi connectivity index (χ2n) is 15.3. The minimum atomic E-state index is -0.971. The Morgan fingerprint density at radius 3 is 2.45 bits per heavy atom. The Kier molecular flexibility index (Phi) is 11.4. The van der Waals surface area contributed by atoms with Crippen LogP contribution in [0.25, 0.3) is 16.7 Å². The highest BCUT2D eigenvalue weighted by molar-refractivity contribution is 5.75. The van der Waals surface area contributed by atoms with Gasteiger partial charge in [0.05, 0.1) is 12.8 Å². The number of rotatable bonds is 8. The summed E-state index contributed by atoms with van der Waals surface area (Å²) < 4.78 is 11.0. The van der Waals surface area contributed by atoms with Gasteiger partial charge >= 0.3 is 5.97 Å². The number of nitrogens with one attached hydrogen (secondary N) is 1. The van der Waals surface area contributed by atoms with E-state index in [1.807, 2.05) is 12.1 Å². The lowest BCUT2D eigenvalue weighted by Crippen LogP contribution is -2.26. The van der Waals surface area contributed by atoms with E-state index in [0.717, 1.165) is 74.7 Å². The minimum absolute atomic E-state index is 0.0346. The van der Waals surface area contributed by atoms with Gasteiger partial charge in [0.1, 0.15) is 11.5 Å². The molecule has 0 saturated heterocycles. The summed E-state index contributed by atoms with van der Waals surface area (Å²) in [6.45, 7) is 11.1. The third kappa shape index (κ3) is 8.11. The predicted octanol–water partition coefficient (Wildman–Crippen LogP) is 11.3. The Hall–Kier alpha value is -4.32. The number of allylic oxidation sites excluding steroid dienone is 4. The second-order valence-corrected chi connectivity index (χ2v) is 15.3. The van der Waals surface area contributed by atoms with Crippen molar-refractivity contribution in [3.05, 3.63) is 99.0 Å². The summed E-state index contributed by atoms with van der Waals surface area (Å²) in [6.07, 6.45) is 17.8. The van der Waals surface area contributed by atoms with Crippen LogP contribution in [0.2, 0.25) is 0 Å². The minimum Gasteiger partial charge on any atom is -0.496 e. The number of aryl methyl sites for hydroxylation is 2. The number of carboxylic acid groups (broad SMARTS) is 1. The summed E-state index contributed by atoms with van der Waals surface area (Å²) in [5.41, 5.74) is 16.0. The molecule has 6 heteroatoms. The molecule has 6 rings (SSSR count). The highest BCUT2D eigenvalue weighted by Crippen LogP contribution is 2.46. The predicted molar refractivity (Wildman–Crippen MR) is 209 cm³/mol. The van der Waals surface area contributed by atoms with Crippen LogP contribution in [-0.4, -0.2) is 36.0 Å². The molecule has 1 saturated carbocycles. The van der Waals surface area contributed by atoms with Crippen LogP contribution in [-0.2, 0) is 16.6 Å². The van der Waals surface area contributed by atoms with Gasteiger partial charge in [-0.1, -0.05) is 51.0 Å². The molecule has 0 radical (unpaired) electrons. The average molecular weight is 689 g/mol. The van der Waals surface area contributed by atoms with E-state index >= 15 is 0 Å². The maximum atomic E-state index is 11.0. The Morgan fingerprint density at radius 2 is 1.73 bits per heavy atom. The van der Waals surface area contributed by atoms with Gasteiger partial charge in [-0.05, 0) is 160 Å². The number of aromatic nitrogens is 1. The lowest BCUT2D eigenvalue weighted by Gasteiger charge is -2.33. The molecule has 1 fully saturated rings. The third-order valence-corrected chi connectivity index (χ3v) is 11.5. The van der Waals surface area contributed by atoms with Gasteiger partial charge in [0, 0.05) is 28.6 Å². The highest BCUT2D eigenvalue weighted by atomic mass is 16.5. The molecule has 1 aliphatic heterocycles. The van der Waals surface area contributed by atoms with Crippen LogP contribution in [0.15, 0.2) is 75.9 Å². The summed E-state index contributed by atoms with van der Waals surface area (Å²) in [4.78, 5) is 20.3. The van der Waals surface area contributed by atoms with Crippen LogP contribution in [0.5, 0.6) is 11.5 Å². The largest absolute Gasteiger partial charge is 0.496 e. The molecule has 0 spiro atoms. The molecular weight excluding hydrogens is 633 g/mol. The van der Waals surface area contributed by atoms with E-state index in [2.05, 4.69) is 82.2 Å². The third-order valence-electron chi connectivity index (χ3n) is 11.5. The maximum absolute atomic E-state index is 11.0. The lowest BCUT2D eigenvalue weighted by atomic mass is 9.72. The summed E-state index contributed by atoms with van der Waals surface area (Å²) in [5, 5.41) is 9.03. The molecule has 0 amide bonds. The van der Waals surface area contributed by atoms with Gasteiger partial charge in [-0.2, -0.15) is 0 Å². The Bertz CT molecular complexity index is 1870. The van der Waals surface area contributed by atoms with Gasteiger partial charge < -0.3 is 19.6 Å². The molecule has 2 unspecified atom stereocenters. The standard InChI is InChI=1S/C45H56N2O4/c1-7-38-42(36-18-21-40(50-6)30(3)25-36)31(4)47-44(38)45(5)23-9-8-11-34(22-24-45)43-39-26-35(13-10-12-33(39)15-14-29(2)27-46-43)32-16-19-37(20-17-32)51-28-41(48)49/h16-21,25-27,29,47H,7-15,22-24,28H2,1-6H3,(H,48,49)/b43-34-,46-27?. The summed E-state index contributed by atoms with van der Waals surface area (Å²) in [5.74, 6) is 0.988. The summed E-state index contributed by atoms with van der Waals surface area (Å²) in [7, 11) is 1.74. The molecule has 2 aliphatic carbocycles. The number of nitrogens with zero attached hydrogens (tertiary/aromatic N) is 1. The number of hydrogen-bond acceptors (Lipinski definition) is 4. The van der Waals surface area contributed by atoms with Crippen molar-refractivity contribution >= 4 is 17.8 Å². The van der Waals surface area contributed by atoms with Crippen molar-refractivity contribution in [2.24, 2.45) is 10.9 Å². The topological polar surface area (TPSA) is 83.9 Å². The zero-order valence-corrected chi connectivity index (χ0v) is 31.6. The van der Waals surface area contributed by atoms with Crippen LogP contribution in [0.1, 0.15) is 119 Å². The SMILES string of the molecule is CCc1c(C2(C)CCCC/C(=C3/N=CC(C)CCC4=C3C=C(c3ccc(OCC(=O)O)cc3)CCC4)CC2)[nH]c(C)c1-c1ccc(OC)c(C)c1. The monoisotopic (exact) mass is 688 g/mol. The lowest BCUT2D eigenvalue weighted by molar-refractivity contribution is -0.139. The summed E-state index contributed by atoms with van der Waals surface area (Å²) >= 11 is 0. The number of benzene rings is 2. The van der Waals surface area contributed by atoms with E-state index in [0.29, 0.717) is 11.7 Å². The first-order valence-corrected chi connectivity index (χ1v) is 19.1. The molecule has 3 aliphatic rings. The smallest absolute Gasteiger partial charge is 0.341 e. The molecule has 3 aromatic rings. The number of methoxy groups -OCH3 is 1. The molecule has 1 aromatic heterocycles. The Balaban J connectivity index is 1.36. The molecule has 51 heavy (non-hydrogen) atoms. The van der Waals surface area contributed by atoms with E-state index in [-0.39, 0.29) is 12.0 Å². The van der Waals surface area contributed by atoms with E-state index in [9.17, 15) is 4.79 Å². The highest BCUT2D eigenvalue weighted by Gasteiger charge is 2.34. The van der Waals surface area contributed by atoms with Crippen molar-refractivity contribution < 1.29 is 19.4 Å². The number of hydrogen-bond donors (Lipinski definition) is 2. The van der Waals surface area contributed by atoms with Crippen LogP contribution < -0.4 is 9.47 Å². The number of aliphatic carboxylic acids is 1. The quantitative estimate of drug-likeness (QED) is 0.247. The number of carbonyl (C=O) groups is 1. The van der Waals surface area contributed by atoms with Crippen molar-refractivity contribution in [3.63, 3.8) is 0 Å². The van der Waals surface area contributed by atoms with Crippen LogP contribution in [0.3, 0.4) is 0 Å². The summed E-state index contributed by atoms with van der Waals surface area (Å²) in [6, 6.07) is 14.5. The van der Waals surface area contributed by atoms with E-state index < -0.39 is 5.97 Å². The fourth-order valence-electron chi connectivity index (χ4n) is 8.63. The van der Waals surface area contributed by atoms with Crippen molar-refractivity contribution in [1.29, 1.82) is 0 Å². The average Bonchev–Trinajstić information content (AvgIpc) is 3.32. The number of carboxylic acids is 1. The Labute approximate surface area is 304 Å². The fourth-order valence-corrected chi connectivity index (χ4v) is 8.63. The molecule has 2 atom stereocenters. The van der Waals surface area contributed by atoms with E-state index in [4.69, 9.17) is 19.6 Å². The fraction of sp³-hybridized carbons (Fsp3) is 0.467. The van der Waals surface area contributed by atoms with Gasteiger partial charge in [0.25, 0.3) is 0 Å². The number of aromatic amines is 1. The molecular formula is C45H56N2O4. The number of aliphatic imine (C=N–C) groups is 1. The van der Waals surface area contributed by atoms with Crippen LogP contribution in [0, 0.1) is 19.8 Å². The zero-order chi connectivity index (χ0) is 36.1. The normalized spacial score (nSPS) is 22.9. The van der Waals surface area contributed by atoms with Crippen LogP contribution >= 0.6 is 0 Å². The van der Waals surface area contributed by atoms with Gasteiger partial charge in [0.15, 0.2) is 6.61 Å². The van der Waals surface area contributed by atoms with Crippen molar-refractivity contribution in [1.82, 2.24) is 4.98 Å². The van der Waals surface area contributed by atoms with Gasteiger partial charge in [-0.3, -0.25) is 4.99 Å². The van der Waals surface area contributed by atoms with E-state index in [1.54, 1.807) is 12.7 Å².